The summed E-state index contributed by atoms with van der Waals surface area (Å²) in [6.07, 6.45) is 2.73. The van der Waals surface area contributed by atoms with Crippen LogP contribution in [0.3, 0.4) is 0 Å². The average Bonchev–Trinajstić information content (AvgIpc) is 3.12. The molecule has 1 fully saturated rings. The summed E-state index contributed by atoms with van der Waals surface area (Å²) < 4.78 is 0. The third-order valence-corrected chi connectivity index (χ3v) is 5.84. The molecule has 1 aliphatic rings. The number of amides is 2. The van der Waals surface area contributed by atoms with Gasteiger partial charge < -0.3 is 15.7 Å². The van der Waals surface area contributed by atoms with Gasteiger partial charge in [0.15, 0.2) is 0 Å². The molecular weight excluding hydrogens is 360 g/mol. The van der Waals surface area contributed by atoms with Crippen molar-refractivity contribution in [3.05, 3.63) is 52.4 Å². The Hall–Kier alpha value is -2.18. The Bertz CT molecular complexity index is 790. The number of aliphatic hydroxyl groups is 1. The lowest BCUT2D eigenvalue weighted by molar-refractivity contribution is 0.0869. The Morgan fingerprint density at radius 3 is 2.33 bits per heavy atom. The molecule has 3 rings (SSSR count). The number of carbonyl (C=O) groups is 2. The summed E-state index contributed by atoms with van der Waals surface area (Å²) in [7, 11) is 0. The molecular formula is C21H26N2O3S. The van der Waals surface area contributed by atoms with Gasteiger partial charge in [0.05, 0.1) is 11.7 Å². The van der Waals surface area contributed by atoms with Crippen LogP contribution in [0.2, 0.25) is 0 Å². The van der Waals surface area contributed by atoms with Crippen LogP contribution in [-0.2, 0) is 0 Å². The zero-order valence-corrected chi connectivity index (χ0v) is 16.5. The number of hydrogen-bond donors (Lipinski definition) is 3. The molecule has 2 amide bonds. The molecule has 0 atom stereocenters. The van der Waals surface area contributed by atoms with Crippen molar-refractivity contribution in [1.29, 1.82) is 0 Å². The van der Waals surface area contributed by atoms with Crippen molar-refractivity contribution in [3.63, 3.8) is 0 Å². The second-order valence-electron chi connectivity index (χ2n) is 7.37. The van der Waals surface area contributed by atoms with E-state index in [1.165, 1.54) is 16.9 Å². The number of carbonyl (C=O) groups excluding carboxylic acids is 2. The average molecular weight is 387 g/mol. The minimum absolute atomic E-state index is 0.0768. The summed E-state index contributed by atoms with van der Waals surface area (Å²) in [6.45, 7) is 4.22. The second-order valence-corrected chi connectivity index (χ2v) is 8.29. The summed E-state index contributed by atoms with van der Waals surface area (Å²) in [5.74, 6) is 0.0151. The normalized spacial score (nSPS) is 19.7. The SMILES string of the molecule is CC(C)c1ccc(C(=O)Nc2sccc2C(=O)NC2CCC(O)CC2)cc1. The first-order chi connectivity index (χ1) is 12.9. The molecule has 0 aliphatic heterocycles. The summed E-state index contributed by atoms with van der Waals surface area (Å²) in [4.78, 5) is 25.1. The van der Waals surface area contributed by atoms with Crippen LogP contribution in [0.25, 0.3) is 0 Å². The van der Waals surface area contributed by atoms with Crippen LogP contribution < -0.4 is 10.6 Å². The summed E-state index contributed by atoms with van der Waals surface area (Å²) in [5, 5.41) is 17.8. The van der Waals surface area contributed by atoms with E-state index in [-0.39, 0.29) is 24.0 Å². The molecule has 3 N–H and O–H groups in total. The Balaban J connectivity index is 1.64. The third-order valence-electron chi connectivity index (χ3n) is 5.01. The highest BCUT2D eigenvalue weighted by molar-refractivity contribution is 7.14. The molecule has 0 saturated heterocycles. The number of aliphatic hydroxyl groups excluding tert-OH is 1. The molecule has 5 nitrogen and oxygen atoms in total. The molecule has 0 unspecified atom stereocenters. The van der Waals surface area contributed by atoms with Gasteiger partial charge in [-0.3, -0.25) is 9.59 Å². The zero-order valence-electron chi connectivity index (χ0n) is 15.7. The predicted molar refractivity (Wildman–Crippen MR) is 109 cm³/mol. The van der Waals surface area contributed by atoms with E-state index in [1.807, 2.05) is 24.3 Å². The van der Waals surface area contributed by atoms with Gasteiger partial charge in [0.2, 0.25) is 0 Å². The minimum atomic E-state index is -0.253. The van der Waals surface area contributed by atoms with E-state index in [1.54, 1.807) is 11.4 Å². The lowest BCUT2D eigenvalue weighted by atomic mass is 9.93. The topological polar surface area (TPSA) is 78.4 Å². The fourth-order valence-electron chi connectivity index (χ4n) is 3.26. The zero-order chi connectivity index (χ0) is 19.4. The largest absolute Gasteiger partial charge is 0.393 e. The number of rotatable bonds is 5. The summed E-state index contributed by atoms with van der Waals surface area (Å²) in [5.41, 5.74) is 2.24. The Labute approximate surface area is 163 Å². The van der Waals surface area contributed by atoms with Crippen LogP contribution in [0.15, 0.2) is 35.7 Å². The van der Waals surface area contributed by atoms with Crippen molar-refractivity contribution in [2.24, 2.45) is 0 Å². The molecule has 0 bridgehead atoms. The lowest BCUT2D eigenvalue weighted by Crippen LogP contribution is -2.38. The van der Waals surface area contributed by atoms with Crippen molar-refractivity contribution in [1.82, 2.24) is 5.32 Å². The highest BCUT2D eigenvalue weighted by atomic mass is 32.1. The maximum atomic E-state index is 12.6. The molecule has 27 heavy (non-hydrogen) atoms. The number of nitrogens with one attached hydrogen (secondary N) is 2. The van der Waals surface area contributed by atoms with Gasteiger partial charge in [-0.15, -0.1) is 11.3 Å². The number of benzene rings is 1. The van der Waals surface area contributed by atoms with E-state index in [2.05, 4.69) is 24.5 Å². The molecule has 6 heteroatoms. The van der Waals surface area contributed by atoms with E-state index in [0.717, 1.165) is 12.8 Å². The van der Waals surface area contributed by atoms with Crippen molar-refractivity contribution >= 4 is 28.2 Å². The van der Waals surface area contributed by atoms with E-state index < -0.39 is 0 Å². The number of hydrogen-bond acceptors (Lipinski definition) is 4. The quantitative estimate of drug-likeness (QED) is 0.722. The maximum absolute atomic E-state index is 12.6. The van der Waals surface area contributed by atoms with Gasteiger partial charge >= 0.3 is 0 Å². The maximum Gasteiger partial charge on any atom is 0.256 e. The molecule has 1 aliphatic carbocycles. The van der Waals surface area contributed by atoms with E-state index in [9.17, 15) is 14.7 Å². The Kier molecular flexibility index (Phi) is 6.29. The molecule has 0 radical (unpaired) electrons. The monoisotopic (exact) mass is 386 g/mol. The minimum Gasteiger partial charge on any atom is -0.393 e. The van der Waals surface area contributed by atoms with E-state index in [4.69, 9.17) is 0 Å². The van der Waals surface area contributed by atoms with Gasteiger partial charge in [-0.1, -0.05) is 26.0 Å². The van der Waals surface area contributed by atoms with Crippen LogP contribution in [-0.4, -0.2) is 29.1 Å². The van der Waals surface area contributed by atoms with Gasteiger partial charge in [0.25, 0.3) is 11.8 Å². The van der Waals surface area contributed by atoms with Crippen LogP contribution in [0, 0.1) is 0 Å². The molecule has 1 aromatic heterocycles. The van der Waals surface area contributed by atoms with Gasteiger partial charge in [-0.2, -0.15) is 0 Å². The van der Waals surface area contributed by atoms with Crippen molar-refractivity contribution in [2.75, 3.05) is 5.32 Å². The van der Waals surface area contributed by atoms with Gasteiger partial charge in [-0.05, 0) is 60.7 Å². The van der Waals surface area contributed by atoms with Crippen LogP contribution >= 0.6 is 11.3 Å². The van der Waals surface area contributed by atoms with E-state index >= 15 is 0 Å². The molecule has 2 aromatic rings. The van der Waals surface area contributed by atoms with Crippen LogP contribution in [0.5, 0.6) is 0 Å². The number of thiophene rings is 1. The smallest absolute Gasteiger partial charge is 0.256 e. The molecule has 1 heterocycles. The van der Waals surface area contributed by atoms with Gasteiger partial charge in [-0.25, -0.2) is 0 Å². The fraction of sp³-hybridized carbons (Fsp3) is 0.429. The van der Waals surface area contributed by atoms with Crippen molar-refractivity contribution in [2.45, 2.75) is 57.6 Å². The Morgan fingerprint density at radius 2 is 1.70 bits per heavy atom. The van der Waals surface area contributed by atoms with E-state index in [0.29, 0.717) is 34.9 Å². The molecule has 0 spiro atoms. The molecule has 1 aromatic carbocycles. The highest BCUT2D eigenvalue weighted by Crippen LogP contribution is 2.25. The van der Waals surface area contributed by atoms with Crippen LogP contribution in [0.1, 0.15) is 71.7 Å². The standard InChI is InChI=1S/C21H26N2O3S/c1-13(2)14-3-5-15(6-4-14)19(25)23-21-18(11-12-27-21)20(26)22-16-7-9-17(24)10-8-16/h3-6,11-13,16-17,24H,7-10H2,1-2H3,(H,22,26)(H,23,25). The first-order valence-corrected chi connectivity index (χ1v) is 10.3. The summed E-state index contributed by atoms with van der Waals surface area (Å²) >= 11 is 1.34. The third kappa shape index (κ3) is 4.96. The van der Waals surface area contributed by atoms with Gasteiger partial charge in [0.1, 0.15) is 5.00 Å². The second kappa shape index (κ2) is 8.67. The first kappa shape index (κ1) is 19.6. The first-order valence-electron chi connectivity index (χ1n) is 9.41. The van der Waals surface area contributed by atoms with Crippen molar-refractivity contribution < 1.29 is 14.7 Å². The number of anilines is 1. The van der Waals surface area contributed by atoms with Gasteiger partial charge in [0, 0.05) is 11.6 Å². The fourth-order valence-corrected chi connectivity index (χ4v) is 4.04. The summed E-state index contributed by atoms with van der Waals surface area (Å²) in [6, 6.07) is 9.34. The molecule has 1 saturated carbocycles. The van der Waals surface area contributed by atoms with Crippen LogP contribution in [0.4, 0.5) is 5.00 Å². The predicted octanol–water partition coefficient (Wildman–Crippen LogP) is 4.16. The highest BCUT2D eigenvalue weighted by Gasteiger charge is 2.23. The lowest BCUT2D eigenvalue weighted by Gasteiger charge is -2.26. The molecule has 144 valence electrons. The Morgan fingerprint density at radius 1 is 1.04 bits per heavy atom. The van der Waals surface area contributed by atoms with Crippen molar-refractivity contribution in [3.8, 4) is 0 Å².